The van der Waals surface area contributed by atoms with Crippen molar-refractivity contribution in [3.63, 3.8) is 0 Å². The number of H-pyrrole nitrogens is 1. The van der Waals surface area contributed by atoms with Gasteiger partial charge < -0.3 is 4.74 Å². The van der Waals surface area contributed by atoms with Crippen LogP contribution in [0, 0.1) is 29.6 Å². The summed E-state index contributed by atoms with van der Waals surface area (Å²) in [6.07, 6.45) is 0. The average molecular weight is 456 g/mol. The van der Waals surface area contributed by atoms with Crippen molar-refractivity contribution in [1.82, 2.24) is 29.2 Å². The predicted molar refractivity (Wildman–Crippen MR) is 117 cm³/mol. The Balaban J connectivity index is 1.63. The van der Waals surface area contributed by atoms with Crippen LogP contribution >= 0.6 is 11.5 Å². The number of aromatic amines is 1. The highest BCUT2D eigenvalue weighted by Gasteiger charge is 2.22. The SMILES string of the molecule is CCOC(=O)c1snc2c1nnc1ccc(/N=N/c3c(C#N)c(C#N)c4[nH]nc(C)n34)cc12. The van der Waals surface area contributed by atoms with Crippen LogP contribution in [0.15, 0.2) is 28.4 Å². The second-order valence-electron chi connectivity index (χ2n) is 6.78. The van der Waals surface area contributed by atoms with Gasteiger partial charge in [0.1, 0.15) is 40.1 Å². The molecule has 0 bridgehead atoms. The van der Waals surface area contributed by atoms with Gasteiger partial charge in [-0.2, -0.15) is 20.0 Å². The predicted octanol–water partition coefficient (Wildman–Crippen LogP) is 3.86. The average Bonchev–Trinajstić information content (AvgIpc) is 3.50. The lowest BCUT2D eigenvalue weighted by Gasteiger charge is -2.00. The molecule has 0 radical (unpaired) electrons. The minimum absolute atomic E-state index is 0.102. The number of fused-ring (bicyclic) bond motifs is 4. The molecule has 0 unspecified atom stereocenters. The number of nitriles is 2. The van der Waals surface area contributed by atoms with Crippen molar-refractivity contribution in [2.75, 3.05) is 6.61 Å². The van der Waals surface area contributed by atoms with E-state index in [1.165, 1.54) is 0 Å². The molecule has 1 aromatic carbocycles. The molecule has 4 aromatic heterocycles. The number of carbonyl (C=O) groups excluding carboxylic acids is 1. The standard InChI is InChI=1S/C20H12N10O2S/c1-3-32-20(31)17-16-15(29-33-17)11-6-10(4-5-14(11)25-26-16)24-28-19-13(8-22)12(7-21)18-27-23-9(2)30(18)19/h4-6,27H,3H2,1-2H3/b28-24+. The maximum Gasteiger partial charge on any atom is 0.352 e. The van der Waals surface area contributed by atoms with Crippen LogP contribution < -0.4 is 0 Å². The zero-order valence-corrected chi connectivity index (χ0v) is 18.0. The van der Waals surface area contributed by atoms with E-state index < -0.39 is 5.97 Å². The lowest BCUT2D eigenvalue weighted by atomic mass is 10.2. The molecular weight excluding hydrogens is 444 g/mol. The van der Waals surface area contributed by atoms with Gasteiger partial charge in [-0.15, -0.1) is 20.4 Å². The number of hydrogen-bond acceptors (Lipinski definition) is 11. The Kier molecular flexibility index (Phi) is 4.73. The molecule has 1 N–H and O–H groups in total. The van der Waals surface area contributed by atoms with E-state index >= 15 is 0 Å². The van der Waals surface area contributed by atoms with Gasteiger partial charge in [0, 0.05) is 5.39 Å². The third-order valence-corrected chi connectivity index (χ3v) is 5.71. The van der Waals surface area contributed by atoms with Crippen LogP contribution in [0.5, 0.6) is 0 Å². The van der Waals surface area contributed by atoms with Crippen LogP contribution in [0.2, 0.25) is 0 Å². The zero-order valence-electron chi connectivity index (χ0n) is 17.2. The Bertz CT molecular complexity index is 1700. The summed E-state index contributed by atoms with van der Waals surface area (Å²) >= 11 is 0.994. The smallest absolute Gasteiger partial charge is 0.352 e. The molecule has 0 atom stereocenters. The molecule has 5 rings (SSSR count). The van der Waals surface area contributed by atoms with Crippen LogP contribution in [-0.2, 0) is 4.74 Å². The Hall–Kier alpha value is -4.75. The minimum atomic E-state index is -0.500. The number of esters is 1. The molecule has 0 amide bonds. The Morgan fingerprint density at radius 1 is 1.21 bits per heavy atom. The molecule has 0 aliphatic heterocycles. The molecule has 13 heteroatoms. The van der Waals surface area contributed by atoms with Gasteiger partial charge in [-0.05, 0) is 43.6 Å². The van der Waals surface area contributed by atoms with Crippen LogP contribution in [0.3, 0.4) is 0 Å². The highest BCUT2D eigenvalue weighted by molar-refractivity contribution is 7.09. The molecule has 12 nitrogen and oxygen atoms in total. The summed E-state index contributed by atoms with van der Waals surface area (Å²) in [5, 5.41) is 43.3. The highest BCUT2D eigenvalue weighted by Crippen LogP contribution is 2.33. The second kappa shape index (κ2) is 7.74. The summed E-state index contributed by atoms with van der Waals surface area (Å²) < 4.78 is 11.0. The number of hydrogen-bond donors (Lipinski definition) is 1. The molecule has 0 aliphatic rings. The number of ether oxygens (including phenoxy) is 1. The number of benzene rings is 1. The van der Waals surface area contributed by atoms with Crippen molar-refractivity contribution in [2.45, 2.75) is 13.8 Å². The number of aryl methyl sites for hydroxylation is 1. The number of azo groups is 1. The topological polar surface area (TPSA) is 170 Å². The summed E-state index contributed by atoms with van der Waals surface area (Å²) in [6, 6.07) is 9.14. The first-order valence-electron chi connectivity index (χ1n) is 9.61. The maximum absolute atomic E-state index is 12.2. The van der Waals surface area contributed by atoms with Crippen molar-refractivity contribution in [3.05, 3.63) is 40.0 Å². The molecule has 0 saturated carbocycles. The summed E-state index contributed by atoms with van der Waals surface area (Å²) in [4.78, 5) is 12.4. The molecule has 4 heterocycles. The van der Waals surface area contributed by atoms with E-state index in [9.17, 15) is 15.3 Å². The first-order valence-corrected chi connectivity index (χ1v) is 10.4. The van der Waals surface area contributed by atoms with Crippen LogP contribution in [0.1, 0.15) is 33.5 Å². The van der Waals surface area contributed by atoms with Crippen molar-refractivity contribution in [2.24, 2.45) is 10.2 Å². The van der Waals surface area contributed by atoms with Gasteiger partial charge in [-0.1, -0.05) is 0 Å². The molecule has 0 aliphatic carbocycles. The lowest BCUT2D eigenvalue weighted by molar-refractivity contribution is 0.0534. The maximum atomic E-state index is 12.2. The summed E-state index contributed by atoms with van der Waals surface area (Å²) in [5.41, 5.74) is 2.52. The van der Waals surface area contributed by atoms with Gasteiger partial charge in [0.2, 0.25) is 0 Å². The molecule has 0 spiro atoms. The van der Waals surface area contributed by atoms with Crippen molar-refractivity contribution >= 4 is 56.6 Å². The van der Waals surface area contributed by atoms with Crippen molar-refractivity contribution < 1.29 is 9.53 Å². The molecule has 0 fully saturated rings. The van der Waals surface area contributed by atoms with E-state index in [-0.39, 0.29) is 28.4 Å². The first kappa shape index (κ1) is 20.2. The fourth-order valence-corrected chi connectivity index (χ4v) is 4.16. The van der Waals surface area contributed by atoms with Gasteiger partial charge in [-0.25, -0.2) is 4.79 Å². The van der Waals surface area contributed by atoms with Crippen molar-refractivity contribution in [1.29, 1.82) is 10.5 Å². The van der Waals surface area contributed by atoms with Crippen molar-refractivity contribution in [3.8, 4) is 12.1 Å². The van der Waals surface area contributed by atoms with Gasteiger partial charge in [-0.3, -0.25) is 9.50 Å². The Labute approximate surface area is 188 Å². The van der Waals surface area contributed by atoms with E-state index in [0.29, 0.717) is 39.1 Å². The third-order valence-electron chi connectivity index (χ3n) is 4.90. The third kappa shape index (κ3) is 3.07. The van der Waals surface area contributed by atoms with Crippen LogP contribution in [0.4, 0.5) is 11.5 Å². The fourth-order valence-electron chi connectivity index (χ4n) is 3.43. The van der Waals surface area contributed by atoms with Gasteiger partial charge >= 0.3 is 5.97 Å². The summed E-state index contributed by atoms with van der Waals surface area (Å²) in [5.74, 6) is 0.229. The molecule has 160 valence electrons. The zero-order chi connectivity index (χ0) is 23.1. The van der Waals surface area contributed by atoms with Crippen LogP contribution in [0.25, 0.3) is 27.6 Å². The molecular formula is C20H12N10O2S. The van der Waals surface area contributed by atoms with E-state index in [1.54, 1.807) is 36.4 Å². The Morgan fingerprint density at radius 3 is 2.79 bits per heavy atom. The van der Waals surface area contributed by atoms with Gasteiger partial charge in [0.25, 0.3) is 0 Å². The number of rotatable bonds is 4. The number of nitrogens with one attached hydrogen (secondary N) is 1. The van der Waals surface area contributed by atoms with E-state index in [0.717, 1.165) is 11.5 Å². The van der Waals surface area contributed by atoms with E-state index in [1.807, 2.05) is 12.1 Å². The molecule has 5 aromatic rings. The first-order chi connectivity index (χ1) is 16.1. The van der Waals surface area contributed by atoms with Crippen LogP contribution in [-0.4, -0.2) is 41.7 Å². The monoisotopic (exact) mass is 456 g/mol. The quantitative estimate of drug-likeness (QED) is 0.314. The van der Waals surface area contributed by atoms with Gasteiger partial charge in [0.15, 0.2) is 16.3 Å². The number of aromatic nitrogens is 6. The summed E-state index contributed by atoms with van der Waals surface area (Å²) in [7, 11) is 0. The largest absolute Gasteiger partial charge is 0.462 e. The minimum Gasteiger partial charge on any atom is -0.462 e. The summed E-state index contributed by atoms with van der Waals surface area (Å²) in [6.45, 7) is 3.69. The molecule has 33 heavy (non-hydrogen) atoms. The molecule has 0 saturated heterocycles. The second-order valence-corrected chi connectivity index (χ2v) is 7.56. The fraction of sp³-hybridized carbons (Fsp3) is 0.150. The number of nitrogens with zero attached hydrogens (tertiary/aromatic N) is 9. The van der Waals surface area contributed by atoms with E-state index in [2.05, 4.69) is 35.0 Å². The highest BCUT2D eigenvalue weighted by atomic mass is 32.1. The normalized spacial score (nSPS) is 11.4. The number of carbonyl (C=O) groups is 1. The Morgan fingerprint density at radius 2 is 2.03 bits per heavy atom. The lowest BCUT2D eigenvalue weighted by Crippen LogP contribution is -2.03. The van der Waals surface area contributed by atoms with Gasteiger partial charge in [0.05, 0.1) is 17.8 Å². The van der Waals surface area contributed by atoms with E-state index in [4.69, 9.17) is 4.74 Å².